The molecule has 1 aliphatic heterocycles. The van der Waals surface area contributed by atoms with Crippen molar-refractivity contribution < 1.29 is 14.3 Å². The van der Waals surface area contributed by atoms with E-state index in [9.17, 15) is 9.90 Å². The quantitative estimate of drug-likeness (QED) is 0.878. The minimum Gasteiger partial charge on any atom is -0.506 e. The van der Waals surface area contributed by atoms with Crippen LogP contribution in [-0.4, -0.2) is 48.6 Å². The summed E-state index contributed by atoms with van der Waals surface area (Å²) < 4.78 is 5.30. The summed E-state index contributed by atoms with van der Waals surface area (Å²) in [5, 5.41) is 12.9. The van der Waals surface area contributed by atoms with Crippen molar-refractivity contribution in [2.45, 2.75) is 13.0 Å². The molecule has 1 atom stereocenters. The van der Waals surface area contributed by atoms with E-state index in [0.717, 1.165) is 37.6 Å². The summed E-state index contributed by atoms with van der Waals surface area (Å²) in [6, 6.07) is 10.9. The Labute approximate surface area is 141 Å². The predicted molar refractivity (Wildman–Crippen MR) is 92.0 cm³/mol. The molecule has 0 aliphatic carbocycles. The first-order chi connectivity index (χ1) is 11.6. The van der Waals surface area contributed by atoms with Crippen LogP contribution in [0.15, 0.2) is 47.1 Å². The summed E-state index contributed by atoms with van der Waals surface area (Å²) in [6.07, 6.45) is 1.61. The molecule has 0 radical (unpaired) electrons. The number of benzene rings is 1. The molecule has 2 heterocycles. The SMILES string of the molecule is C[C@@H](NC(=O)CN1CCN(c2ccccc2O)CC1)c1ccco1. The maximum Gasteiger partial charge on any atom is 0.234 e. The van der Waals surface area contributed by atoms with Crippen LogP contribution in [0.4, 0.5) is 5.69 Å². The van der Waals surface area contributed by atoms with Crippen molar-refractivity contribution in [3.05, 3.63) is 48.4 Å². The molecule has 128 valence electrons. The number of carbonyl (C=O) groups is 1. The van der Waals surface area contributed by atoms with Crippen LogP contribution >= 0.6 is 0 Å². The topological polar surface area (TPSA) is 69.0 Å². The number of carbonyl (C=O) groups excluding carboxylic acids is 1. The highest BCUT2D eigenvalue weighted by Crippen LogP contribution is 2.27. The molecule has 2 N–H and O–H groups in total. The van der Waals surface area contributed by atoms with Crippen molar-refractivity contribution in [3.8, 4) is 5.75 Å². The standard InChI is InChI=1S/C18H23N3O3/c1-14(17-7-4-12-24-17)19-18(23)13-20-8-10-21(11-9-20)15-5-2-3-6-16(15)22/h2-7,12,14,22H,8-11,13H2,1H3,(H,19,23)/t14-/m1/s1. The number of hydrogen-bond acceptors (Lipinski definition) is 5. The molecule has 6 nitrogen and oxygen atoms in total. The van der Waals surface area contributed by atoms with E-state index < -0.39 is 0 Å². The average Bonchev–Trinajstić information content (AvgIpc) is 3.11. The summed E-state index contributed by atoms with van der Waals surface area (Å²) in [6.45, 7) is 5.44. The number of rotatable bonds is 5. The Balaban J connectivity index is 1.47. The highest BCUT2D eigenvalue weighted by Gasteiger charge is 2.21. The first-order valence-corrected chi connectivity index (χ1v) is 8.21. The summed E-state index contributed by atoms with van der Waals surface area (Å²) >= 11 is 0. The summed E-state index contributed by atoms with van der Waals surface area (Å²) in [5.41, 5.74) is 0.855. The van der Waals surface area contributed by atoms with Gasteiger partial charge in [0.05, 0.1) is 24.5 Å². The molecular formula is C18H23N3O3. The van der Waals surface area contributed by atoms with Gasteiger partial charge in [0.1, 0.15) is 11.5 Å². The fraction of sp³-hybridized carbons (Fsp3) is 0.389. The number of anilines is 1. The van der Waals surface area contributed by atoms with Crippen LogP contribution in [0.5, 0.6) is 5.75 Å². The van der Waals surface area contributed by atoms with Crippen molar-refractivity contribution in [1.29, 1.82) is 0 Å². The first kappa shape index (κ1) is 16.4. The summed E-state index contributed by atoms with van der Waals surface area (Å²) in [4.78, 5) is 16.4. The molecule has 1 amide bonds. The van der Waals surface area contributed by atoms with Gasteiger partial charge in [-0.15, -0.1) is 0 Å². The molecule has 1 saturated heterocycles. The lowest BCUT2D eigenvalue weighted by Gasteiger charge is -2.36. The number of para-hydroxylation sites is 2. The molecule has 1 aliphatic rings. The summed E-state index contributed by atoms with van der Waals surface area (Å²) in [7, 11) is 0. The Hall–Kier alpha value is -2.47. The monoisotopic (exact) mass is 329 g/mol. The van der Waals surface area contributed by atoms with Gasteiger partial charge in [0.15, 0.2) is 0 Å². The molecule has 1 fully saturated rings. The van der Waals surface area contributed by atoms with Gasteiger partial charge in [-0.05, 0) is 31.2 Å². The van der Waals surface area contributed by atoms with Crippen LogP contribution in [-0.2, 0) is 4.79 Å². The molecular weight excluding hydrogens is 306 g/mol. The van der Waals surface area contributed by atoms with Gasteiger partial charge >= 0.3 is 0 Å². The van der Waals surface area contributed by atoms with Crippen molar-refractivity contribution in [2.75, 3.05) is 37.6 Å². The Morgan fingerprint density at radius 1 is 1.21 bits per heavy atom. The van der Waals surface area contributed by atoms with Crippen LogP contribution < -0.4 is 10.2 Å². The van der Waals surface area contributed by atoms with E-state index in [0.29, 0.717) is 12.3 Å². The molecule has 2 aromatic rings. The van der Waals surface area contributed by atoms with E-state index in [1.165, 1.54) is 0 Å². The number of phenolic OH excluding ortho intramolecular Hbond substituents is 1. The maximum atomic E-state index is 12.2. The van der Waals surface area contributed by atoms with Gasteiger partial charge in [-0.25, -0.2) is 0 Å². The molecule has 24 heavy (non-hydrogen) atoms. The molecule has 1 aromatic carbocycles. The van der Waals surface area contributed by atoms with Gasteiger partial charge in [0.25, 0.3) is 0 Å². The smallest absolute Gasteiger partial charge is 0.234 e. The molecule has 0 spiro atoms. The van der Waals surface area contributed by atoms with Gasteiger partial charge in [0.2, 0.25) is 5.91 Å². The van der Waals surface area contributed by atoms with Crippen LogP contribution in [0.1, 0.15) is 18.7 Å². The number of phenols is 1. The third-order valence-electron chi connectivity index (χ3n) is 4.31. The number of aromatic hydroxyl groups is 1. The van der Waals surface area contributed by atoms with E-state index in [2.05, 4.69) is 15.1 Å². The highest BCUT2D eigenvalue weighted by atomic mass is 16.3. The van der Waals surface area contributed by atoms with Crippen molar-refractivity contribution >= 4 is 11.6 Å². The zero-order valence-electron chi connectivity index (χ0n) is 13.8. The largest absolute Gasteiger partial charge is 0.506 e. The highest BCUT2D eigenvalue weighted by molar-refractivity contribution is 5.78. The molecule has 1 aromatic heterocycles. The lowest BCUT2D eigenvalue weighted by atomic mass is 10.2. The van der Waals surface area contributed by atoms with Crippen LogP contribution in [0.25, 0.3) is 0 Å². The van der Waals surface area contributed by atoms with E-state index in [1.54, 1.807) is 12.3 Å². The molecule has 0 bridgehead atoms. The van der Waals surface area contributed by atoms with Crippen LogP contribution in [0.3, 0.4) is 0 Å². The number of amides is 1. The van der Waals surface area contributed by atoms with Gasteiger partial charge in [-0.1, -0.05) is 12.1 Å². The Bertz CT molecular complexity index is 664. The van der Waals surface area contributed by atoms with E-state index in [4.69, 9.17) is 4.42 Å². The van der Waals surface area contributed by atoms with Gasteiger partial charge in [-0.2, -0.15) is 0 Å². The second-order valence-corrected chi connectivity index (χ2v) is 6.06. The number of piperazine rings is 1. The van der Waals surface area contributed by atoms with Gasteiger partial charge in [0, 0.05) is 26.2 Å². The van der Waals surface area contributed by atoms with E-state index in [-0.39, 0.29) is 11.9 Å². The van der Waals surface area contributed by atoms with E-state index in [1.807, 2.05) is 37.3 Å². The van der Waals surface area contributed by atoms with Gasteiger partial charge in [-0.3, -0.25) is 9.69 Å². The number of nitrogens with zero attached hydrogens (tertiary/aromatic N) is 2. The lowest BCUT2D eigenvalue weighted by Crippen LogP contribution is -2.49. The molecule has 0 unspecified atom stereocenters. The third-order valence-corrected chi connectivity index (χ3v) is 4.31. The minimum absolute atomic E-state index is 0.00471. The minimum atomic E-state index is -0.130. The van der Waals surface area contributed by atoms with E-state index >= 15 is 0 Å². The maximum absolute atomic E-state index is 12.2. The van der Waals surface area contributed by atoms with Crippen LogP contribution in [0.2, 0.25) is 0 Å². The normalized spacial score (nSPS) is 16.8. The Kier molecular flexibility index (Phi) is 5.05. The predicted octanol–water partition coefficient (Wildman–Crippen LogP) is 1.98. The molecule has 3 rings (SSSR count). The van der Waals surface area contributed by atoms with Crippen LogP contribution in [0, 0.1) is 0 Å². The van der Waals surface area contributed by atoms with Gasteiger partial charge < -0.3 is 19.7 Å². The van der Waals surface area contributed by atoms with Crippen molar-refractivity contribution in [2.24, 2.45) is 0 Å². The second-order valence-electron chi connectivity index (χ2n) is 6.06. The lowest BCUT2D eigenvalue weighted by molar-refractivity contribution is -0.123. The third kappa shape index (κ3) is 3.89. The second kappa shape index (κ2) is 7.40. The number of nitrogens with one attached hydrogen (secondary N) is 1. The zero-order valence-corrected chi connectivity index (χ0v) is 13.8. The average molecular weight is 329 g/mol. The summed E-state index contributed by atoms with van der Waals surface area (Å²) in [5.74, 6) is 1.05. The fourth-order valence-corrected chi connectivity index (χ4v) is 2.98. The first-order valence-electron chi connectivity index (χ1n) is 8.21. The Morgan fingerprint density at radius 2 is 1.96 bits per heavy atom. The molecule has 0 saturated carbocycles. The number of hydrogen-bond donors (Lipinski definition) is 2. The molecule has 6 heteroatoms. The fourth-order valence-electron chi connectivity index (χ4n) is 2.98. The Morgan fingerprint density at radius 3 is 2.62 bits per heavy atom. The number of furan rings is 1. The van der Waals surface area contributed by atoms with Crippen molar-refractivity contribution in [1.82, 2.24) is 10.2 Å². The van der Waals surface area contributed by atoms with Crippen molar-refractivity contribution in [3.63, 3.8) is 0 Å². The zero-order chi connectivity index (χ0) is 16.9.